The van der Waals surface area contributed by atoms with Crippen LogP contribution >= 0.6 is 0 Å². The highest BCUT2D eigenvalue weighted by molar-refractivity contribution is 5.97. The van der Waals surface area contributed by atoms with Crippen LogP contribution in [-0.4, -0.2) is 20.7 Å². The highest BCUT2D eigenvalue weighted by Crippen LogP contribution is 2.23. The molecule has 6 heteroatoms. The van der Waals surface area contributed by atoms with Crippen LogP contribution < -0.4 is 4.74 Å². The van der Waals surface area contributed by atoms with Gasteiger partial charge in [0.05, 0.1) is 18.8 Å². The van der Waals surface area contributed by atoms with Crippen LogP contribution in [0.5, 0.6) is 11.5 Å². The van der Waals surface area contributed by atoms with Crippen molar-refractivity contribution in [2.45, 2.75) is 13.3 Å². The first kappa shape index (κ1) is 15.7. The molecule has 0 amide bonds. The lowest BCUT2D eigenvalue weighted by Gasteiger charge is -2.07. The third-order valence-corrected chi connectivity index (χ3v) is 3.25. The van der Waals surface area contributed by atoms with Crippen LogP contribution in [0.4, 0.5) is 4.39 Å². The summed E-state index contributed by atoms with van der Waals surface area (Å²) in [5, 5.41) is 0. The molecule has 0 saturated carbocycles. The van der Waals surface area contributed by atoms with E-state index in [0.29, 0.717) is 11.4 Å². The minimum absolute atomic E-state index is 0.0963. The van der Waals surface area contributed by atoms with E-state index in [-0.39, 0.29) is 23.5 Å². The van der Waals surface area contributed by atoms with E-state index in [2.05, 4.69) is 15.0 Å². The van der Waals surface area contributed by atoms with Gasteiger partial charge in [0.1, 0.15) is 17.9 Å². The minimum Gasteiger partial charge on any atom is -0.454 e. The van der Waals surface area contributed by atoms with Gasteiger partial charge in [0.25, 0.3) is 0 Å². The molecule has 0 spiro atoms. The summed E-state index contributed by atoms with van der Waals surface area (Å²) < 4.78 is 19.3. The van der Waals surface area contributed by atoms with E-state index in [1.54, 1.807) is 6.07 Å². The lowest BCUT2D eigenvalue weighted by molar-refractivity contribution is 0.0991. The highest BCUT2D eigenvalue weighted by atomic mass is 19.1. The van der Waals surface area contributed by atoms with Gasteiger partial charge in [-0.15, -0.1) is 0 Å². The number of ether oxygens (including phenoxy) is 1. The molecule has 0 saturated heterocycles. The standard InChI is InChI=1S/C18H14FN3O2/c1-12-3-2-4-15(22-12)8-18(23)13-5-14(19)7-16(6-13)24-17-9-20-11-21-10-17/h2-7,9-11H,8H2,1H3. The van der Waals surface area contributed by atoms with Gasteiger partial charge in [0.15, 0.2) is 11.5 Å². The summed E-state index contributed by atoms with van der Waals surface area (Å²) in [5.74, 6) is -0.209. The zero-order valence-corrected chi connectivity index (χ0v) is 12.9. The number of rotatable bonds is 5. The van der Waals surface area contributed by atoms with Gasteiger partial charge < -0.3 is 4.74 Å². The highest BCUT2D eigenvalue weighted by Gasteiger charge is 2.12. The van der Waals surface area contributed by atoms with Crippen molar-refractivity contribution in [2.24, 2.45) is 0 Å². The predicted molar refractivity (Wildman–Crippen MR) is 85.5 cm³/mol. The summed E-state index contributed by atoms with van der Waals surface area (Å²) >= 11 is 0. The van der Waals surface area contributed by atoms with Crippen molar-refractivity contribution in [1.29, 1.82) is 0 Å². The maximum Gasteiger partial charge on any atom is 0.169 e. The van der Waals surface area contributed by atoms with Crippen molar-refractivity contribution in [3.8, 4) is 11.5 Å². The second-order valence-electron chi connectivity index (χ2n) is 5.22. The number of carbonyl (C=O) groups excluding carboxylic acids is 1. The summed E-state index contributed by atoms with van der Waals surface area (Å²) in [7, 11) is 0. The lowest BCUT2D eigenvalue weighted by Crippen LogP contribution is -2.06. The normalized spacial score (nSPS) is 10.4. The number of aryl methyl sites for hydroxylation is 1. The lowest BCUT2D eigenvalue weighted by atomic mass is 10.1. The van der Waals surface area contributed by atoms with Gasteiger partial charge in [0.2, 0.25) is 0 Å². The van der Waals surface area contributed by atoms with E-state index in [0.717, 1.165) is 5.69 Å². The van der Waals surface area contributed by atoms with Crippen molar-refractivity contribution in [3.63, 3.8) is 0 Å². The quantitative estimate of drug-likeness (QED) is 0.672. The molecule has 0 atom stereocenters. The number of carbonyl (C=O) groups is 1. The summed E-state index contributed by atoms with van der Waals surface area (Å²) in [6.07, 6.45) is 4.37. The van der Waals surface area contributed by atoms with Gasteiger partial charge in [-0.3, -0.25) is 9.78 Å². The summed E-state index contributed by atoms with van der Waals surface area (Å²) in [6.45, 7) is 1.85. The molecule has 0 bridgehead atoms. The number of benzene rings is 1. The van der Waals surface area contributed by atoms with Gasteiger partial charge in [-0.2, -0.15) is 0 Å². The molecule has 0 aliphatic heterocycles. The first-order chi connectivity index (χ1) is 11.6. The van der Waals surface area contributed by atoms with E-state index in [4.69, 9.17) is 4.74 Å². The summed E-state index contributed by atoms with van der Waals surface area (Å²) in [5.41, 5.74) is 1.70. The Morgan fingerprint density at radius 2 is 1.92 bits per heavy atom. The molecule has 0 unspecified atom stereocenters. The van der Waals surface area contributed by atoms with Crippen LogP contribution in [0.15, 0.2) is 55.1 Å². The molecule has 3 rings (SSSR count). The van der Waals surface area contributed by atoms with Crippen LogP contribution in [0.2, 0.25) is 0 Å². The fourth-order valence-electron chi connectivity index (χ4n) is 2.22. The molecule has 3 aromatic rings. The third kappa shape index (κ3) is 3.98. The number of halogens is 1. The molecular weight excluding hydrogens is 309 g/mol. The molecule has 0 aliphatic rings. The van der Waals surface area contributed by atoms with Crippen LogP contribution in [0.1, 0.15) is 21.7 Å². The zero-order valence-electron chi connectivity index (χ0n) is 12.9. The molecule has 0 fully saturated rings. The second kappa shape index (κ2) is 6.95. The Morgan fingerprint density at radius 3 is 2.67 bits per heavy atom. The van der Waals surface area contributed by atoms with E-state index in [1.807, 2.05) is 19.1 Å². The molecule has 0 radical (unpaired) electrons. The van der Waals surface area contributed by atoms with Crippen molar-refractivity contribution < 1.29 is 13.9 Å². The molecule has 1 aromatic carbocycles. The predicted octanol–water partition coefficient (Wildman–Crippen LogP) is 3.54. The van der Waals surface area contributed by atoms with Crippen molar-refractivity contribution >= 4 is 5.78 Å². The van der Waals surface area contributed by atoms with E-state index >= 15 is 0 Å². The number of ketones is 1. The smallest absolute Gasteiger partial charge is 0.169 e. The third-order valence-electron chi connectivity index (χ3n) is 3.25. The largest absolute Gasteiger partial charge is 0.454 e. The van der Waals surface area contributed by atoms with Crippen molar-refractivity contribution in [3.05, 3.63) is 77.9 Å². The first-order valence-electron chi connectivity index (χ1n) is 7.29. The fraction of sp³-hybridized carbons (Fsp3) is 0.111. The Balaban J connectivity index is 1.81. The SMILES string of the molecule is Cc1cccc(CC(=O)c2cc(F)cc(Oc3cncnc3)c2)n1. The average Bonchev–Trinajstić information content (AvgIpc) is 2.55. The van der Waals surface area contributed by atoms with Gasteiger partial charge in [0, 0.05) is 23.0 Å². The van der Waals surface area contributed by atoms with Crippen molar-refractivity contribution in [1.82, 2.24) is 15.0 Å². The Morgan fingerprint density at radius 1 is 1.12 bits per heavy atom. The number of aromatic nitrogens is 3. The van der Waals surface area contributed by atoms with Gasteiger partial charge in [-0.1, -0.05) is 6.07 Å². The molecule has 0 N–H and O–H groups in total. The van der Waals surface area contributed by atoms with Crippen LogP contribution in [-0.2, 0) is 6.42 Å². The maximum absolute atomic E-state index is 13.8. The monoisotopic (exact) mass is 323 g/mol. The molecule has 0 aliphatic carbocycles. The van der Waals surface area contributed by atoms with Crippen LogP contribution in [0.3, 0.4) is 0 Å². The second-order valence-corrected chi connectivity index (χ2v) is 5.22. The number of hydrogen-bond donors (Lipinski definition) is 0. The van der Waals surface area contributed by atoms with Crippen LogP contribution in [0, 0.1) is 12.7 Å². The van der Waals surface area contributed by atoms with E-state index in [9.17, 15) is 9.18 Å². The molecule has 5 nitrogen and oxygen atoms in total. The topological polar surface area (TPSA) is 65.0 Å². The van der Waals surface area contributed by atoms with E-state index in [1.165, 1.54) is 36.9 Å². The fourth-order valence-corrected chi connectivity index (χ4v) is 2.22. The van der Waals surface area contributed by atoms with Gasteiger partial charge in [-0.05, 0) is 31.2 Å². The van der Waals surface area contributed by atoms with Gasteiger partial charge in [-0.25, -0.2) is 14.4 Å². The maximum atomic E-state index is 13.8. The molecule has 120 valence electrons. The zero-order chi connectivity index (χ0) is 16.9. The summed E-state index contributed by atoms with van der Waals surface area (Å²) in [4.78, 5) is 24.3. The Bertz CT molecular complexity index is 869. The van der Waals surface area contributed by atoms with Crippen molar-refractivity contribution in [2.75, 3.05) is 0 Å². The Kier molecular flexibility index (Phi) is 4.56. The number of hydrogen-bond acceptors (Lipinski definition) is 5. The molecule has 2 aromatic heterocycles. The van der Waals surface area contributed by atoms with Gasteiger partial charge >= 0.3 is 0 Å². The van der Waals surface area contributed by atoms with E-state index < -0.39 is 5.82 Å². The Hall–Kier alpha value is -3.15. The summed E-state index contributed by atoms with van der Waals surface area (Å²) in [6, 6.07) is 9.34. The molecule has 24 heavy (non-hydrogen) atoms. The number of Topliss-reactive ketones (excluding diaryl/α,β-unsaturated/α-hetero) is 1. The first-order valence-corrected chi connectivity index (χ1v) is 7.29. The number of pyridine rings is 1. The molecular formula is C18H14FN3O2. The number of nitrogens with zero attached hydrogens (tertiary/aromatic N) is 3. The Labute approximate surface area is 138 Å². The molecule has 2 heterocycles. The minimum atomic E-state index is -0.551. The average molecular weight is 323 g/mol. The van der Waals surface area contributed by atoms with Crippen LogP contribution in [0.25, 0.3) is 0 Å².